The molecule has 2 aromatic carbocycles. The number of nitro groups is 1. The van der Waals surface area contributed by atoms with Crippen LogP contribution in [0.4, 0.5) is 11.4 Å². The summed E-state index contributed by atoms with van der Waals surface area (Å²) < 4.78 is 10.4. The van der Waals surface area contributed by atoms with E-state index in [1.807, 2.05) is 19.1 Å². The van der Waals surface area contributed by atoms with E-state index in [1.54, 1.807) is 30.5 Å². The third kappa shape index (κ3) is 5.78. The molecule has 10 nitrogen and oxygen atoms in total. The summed E-state index contributed by atoms with van der Waals surface area (Å²) >= 11 is 0. The van der Waals surface area contributed by atoms with Crippen molar-refractivity contribution >= 4 is 17.3 Å². The van der Waals surface area contributed by atoms with Gasteiger partial charge < -0.3 is 25.2 Å². The van der Waals surface area contributed by atoms with E-state index < -0.39 is 16.9 Å². The summed E-state index contributed by atoms with van der Waals surface area (Å²) in [6.45, 7) is 1.70. The lowest BCUT2D eigenvalue weighted by molar-refractivity contribution is -0.384. The smallest absolute Gasteiger partial charge is 0.293 e. The lowest BCUT2D eigenvalue weighted by Crippen LogP contribution is -2.28. The predicted octanol–water partition coefficient (Wildman–Crippen LogP) is 3.64. The minimum Gasteiger partial charge on any atom is -0.497 e. The molecule has 0 fully saturated rings. The zero-order valence-corrected chi connectivity index (χ0v) is 19.0. The van der Waals surface area contributed by atoms with E-state index in [0.29, 0.717) is 17.1 Å². The van der Waals surface area contributed by atoms with Crippen LogP contribution in [0.5, 0.6) is 11.5 Å². The maximum Gasteiger partial charge on any atom is 0.293 e. The maximum absolute atomic E-state index is 12.7. The van der Waals surface area contributed by atoms with Crippen LogP contribution in [0, 0.1) is 10.1 Å². The molecule has 1 aromatic heterocycles. The first-order valence-corrected chi connectivity index (χ1v) is 10.5. The SMILES string of the molecule is COc1ccc(OC)c(C(O)CNC(=O)c2ccc(NC(C)c3ccccn3)c([N+](=O)[O-])c2)c1. The molecule has 2 atom stereocenters. The van der Waals surface area contributed by atoms with Gasteiger partial charge in [0, 0.05) is 29.9 Å². The Kier molecular flexibility index (Phi) is 7.99. The van der Waals surface area contributed by atoms with Crippen LogP contribution in [0.3, 0.4) is 0 Å². The Bertz CT molecular complexity index is 1160. The molecule has 0 bridgehead atoms. The van der Waals surface area contributed by atoms with Crippen LogP contribution < -0.4 is 20.1 Å². The van der Waals surface area contributed by atoms with Gasteiger partial charge in [-0.15, -0.1) is 0 Å². The molecule has 0 spiro atoms. The number of nitrogens with one attached hydrogen (secondary N) is 2. The van der Waals surface area contributed by atoms with Crippen molar-refractivity contribution in [2.45, 2.75) is 19.1 Å². The molecule has 0 saturated heterocycles. The van der Waals surface area contributed by atoms with Gasteiger partial charge in [0.15, 0.2) is 0 Å². The Hall–Kier alpha value is -4.18. The number of benzene rings is 2. The molecule has 34 heavy (non-hydrogen) atoms. The minimum atomic E-state index is -1.08. The molecule has 0 saturated carbocycles. The Morgan fingerprint density at radius 1 is 1.15 bits per heavy atom. The number of aromatic nitrogens is 1. The van der Waals surface area contributed by atoms with Gasteiger partial charge in [0.05, 0.1) is 30.9 Å². The van der Waals surface area contributed by atoms with Crippen LogP contribution in [0.15, 0.2) is 60.8 Å². The molecule has 3 rings (SSSR count). The summed E-state index contributed by atoms with van der Waals surface area (Å²) in [6, 6.07) is 14.3. The summed E-state index contributed by atoms with van der Waals surface area (Å²) in [5, 5.41) is 27.9. The van der Waals surface area contributed by atoms with Crippen molar-refractivity contribution in [1.82, 2.24) is 10.3 Å². The summed E-state index contributed by atoms with van der Waals surface area (Å²) in [7, 11) is 2.97. The van der Waals surface area contributed by atoms with Gasteiger partial charge in [0.1, 0.15) is 23.3 Å². The fourth-order valence-corrected chi connectivity index (χ4v) is 3.39. The average molecular weight is 466 g/mol. The van der Waals surface area contributed by atoms with Crippen molar-refractivity contribution < 1.29 is 24.3 Å². The van der Waals surface area contributed by atoms with Crippen LogP contribution in [0.2, 0.25) is 0 Å². The van der Waals surface area contributed by atoms with E-state index in [2.05, 4.69) is 15.6 Å². The lowest BCUT2D eigenvalue weighted by Gasteiger charge is -2.17. The van der Waals surface area contributed by atoms with E-state index in [1.165, 1.54) is 32.4 Å². The van der Waals surface area contributed by atoms with Crippen LogP contribution in [-0.4, -0.2) is 41.7 Å². The Labute approximate surface area is 196 Å². The lowest BCUT2D eigenvalue weighted by atomic mass is 10.1. The monoisotopic (exact) mass is 466 g/mol. The van der Waals surface area contributed by atoms with Gasteiger partial charge in [0.2, 0.25) is 0 Å². The van der Waals surface area contributed by atoms with Crippen molar-refractivity contribution in [2.24, 2.45) is 0 Å². The third-order valence-corrected chi connectivity index (χ3v) is 5.21. The van der Waals surface area contributed by atoms with Crippen molar-refractivity contribution in [3.8, 4) is 11.5 Å². The average Bonchev–Trinajstić information content (AvgIpc) is 2.87. The highest BCUT2D eigenvalue weighted by Crippen LogP contribution is 2.30. The van der Waals surface area contributed by atoms with E-state index >= 15 is 0 Å². The molecule has 1 amide bonds. The van der Waals surface area contributed by atoms with E-state index in [4.69, 9.17) is 9.47 Å². The van der Waals surface area contributed by atoms with Crippen LogP contribution in [-0.2, 0) is 0 Å². The van der Waals surface area contributed by atoms with Crippen molar-refractivity contribution in [2.75, 3.05) is 26.1 Å². The zero-order valence-electron chi connectivity index (χ0n) is 19.0. The first-order chi connectivity index (χ1) is 16.3. The molecule has 1 heterocycles. The van der Waals surface area contributed by atoms with Gasteiger partial charge in [-0.05, 0) is 49.4 Å². The Morgan fingerprint density at radius 3 is 2.59 bits per heavy atom. The first kappa shape index (κ1) is 24.5. The molecule has 0 radical (unpaired) electrons. The predicted molar refractivity (Wildman–Crippen MR) is 126 cm³/mol. The van der Waals surface area contributed by atoms with Gasteiger partial charge in [-0.3, -0.25) is 19.9 Å². The molecule has 2 unspecified atom stereocenters. The Balaban J connectivity index is 1.73. The van der Waals surface area contributed by atoms with E-state index in [9.17, 15) is 20.0 Å². The molecular formula is C24H26N4O6. The normalized spacial score (nSPS) is 12.4. The number of hydrogen-bond acceptors (Lipinski definition) is 8. The van der Waals surface area contributed by atoms with Gasteiger partial charge in [-0.2, -0.15) is 0 Å². The first-order valence-electron chi connectivity index (χ1n) is 10.5. The number of amides is 1. The second kappa shape index (κ2) is 11.1. The van der Waals surface area contributed by atoms with Crippen LogP contribution in [0.1, 0.15) is 40.7 Å². The number of ether oxygens (including phenoxy) is 2. The van der Waals surface area contributed by atoms with Crippen molar-refractivity contribution in [3.05, 3.63) is 87.7 Å². The van der Waals surface area contributed by atoms with E-state index in [0.717, 1.165) is 5.69 Å². The Morgan fingerprint density at radius 2 is 1.94 bits per heavy atom. The topological polar surface area (TPSA) is 136 Å². The standard InChI is InChI=1S/C24H26N4O6/c1-15(19-6-4-5-11-25-19)27-20-9-7-16(12-21(20)28(31)32)24(30)26-14-22(29)18-13-17(33-2)8-10-23(18)34-3/h4-13,15,22,27,29H,14H2,1-3H3,(H,26,30). The molecule has 10 heteroatoms. The third-order valence-electron chi connectivity index (χ3n) is 5.21. The number of nitro benzene ring substituents is 1. The second-order valence-electron chi connectivity index (χ2n) is 7.44. The number of anilines is 1. The fraction of sp³-hybridized carbons (Fsp3) is 0.250. The highest BCUT2D eigenvalue weighted by Gasteiger charge is 2.21. The molecule has 0 aliphatic carbocycles. The zero-order chi connectivity index (χ0) is 24.7. The second-order valence-corrected chi connectivity index (χ2v) is 7.44. The van der Waals surface area contributed by atoms with Crippen LogP contribution >= 0.6 is 0 Å². The number of aliphatic hydroxyl groups excluding tert-OH is 1. The molecule has 0 aliphatic heterocycles. The highest BCUT2D eigenvalue weighted by molar-refractivity contribution is 5.95. The summed E-state index contributed by atoms with van der Waals surface area (Å²) in [5.41, 5.74) is 1.27. The van der Waals surface area contributed by atoms with Gasteiger partial charge >= 0.3 is 0 Å². The number of carbonyl (C=O) groups is 1. The summed E-state index contributed by atoms with van der Waals surface area (Å²) in [6.07, 6.45) is 0.564. The summed E-state index contributed by atoms with van der Waals surface area (Å²) in [5.74, 6) is 0.406. The minimum absolute atomic E-state index is 0.0903. The van der Waals surface area contributed by atoms with Gasteiger partial charge in [-0.1, -0.05) is 6.07 Å². The molecule has 3 N–H and O–H groups in total. The highest BCUT2D eigenvalue weighted by atomic mass is 16.6. The van der Waals surface area contributed by atoms with Crippen LogP contribution in [0.25, 0.3) is 0 Å². The number of nitrogens with zero attached hydrogens (tertiary/aromatic N) is 2. The quantitative estimate of drug-likeness (QED) is 0.304. The van der Waals surface area contributed by atoms with Gasteiger partial charge in [-0.25, -0.2) is 0 Å². The molecule has 178 valence electrons. The number of carbonyl (C=O) groups excluding carboxylic acids is 1. The number of aliphatic hydroxyl groups is 1. The number of methoxy groups -OCH3 is 2. The number of hydrogen-bond donors (Lipinski definition) is 3. The van der Waals surface area contributed by atoms with Gasteiger partial charge in [0.25, 0.3) is 11.6 Å². The molecular weight excluding hydrogens is 440 g/mol. The fourth-order valence-electron chi connectivity index (χ4n) is 3.39. The number of rotatable bonds is 10. The number of pyridine rings is 1. The largest absolute Gasteiger partial charge is 0.497 e. The maximum atomic E-state index is 12.7. The van der Waals surface area contributed by atoms with Crippen molar-refractivity contribution in [3.63, 3.8) is 0 Å². The molecule has 0 aliphatic rings. The van der Waals surface area contributed by atoms with Crippen molar-refractivity contribution in [1.29, 1.82) is 0 Å². The molecule has 3 aromatic rings. The van der Waals surface area contributed by atoms with E-state index in [-0.39, 0.29) is 29.5 Å². The summed E-state index contributed by atoms with van der Waals surface area (Å²) in [4.78, 5) is 28.0.